The van der Waals surface area contributed by atoms with E-state index in [0.29, 0.717) is 23.1 Å². The molecule has 4 nitrogen and oxygen atoms in total. The summed E-state index contributed by atoms with van der Waals surface area (Å²) < 4.78 is 7.76. The Morgan fingerprint density at radius 2 is 1.88 bits per heavy atom. The Labute approximate surface area is 161 Å². The maximum Gasteiger partial charge on any atom is 0.204 e. The van der Waals surface area contributed by atoms with E-state index in [2.05, 4.69) is 16.0 Å². The molecule has 6 heteroatoms. The summed E-state index contributed by atoms with van der Waals surface area (Å²) in [6, 6.07) is 17.7. The van der Waals surface area contributed by atoms with Crippen LogP contribution < -0.4 is 5.32 Å². The number of hydrogen-bond donors (Lipinski definition) is 1. The number of rotatable bonds is 5. The zero-order chi connectivity index (χ0) is 18.1. The van der Waals surface area contributed by atoms with E-state index in [1.54, 1.807) is 0 Å². The van der Waals surface area contributed by atoms with Gasteiger partial charge in [-0.15, -0.1) is 0 Å². The molecule has 0 fully saturated rings. The van der Waals surface area contributed by atoms with Crippen molar-refractivity contribution in [1.82, 2.24) is 9.55 Å². The summed E-state index contributed by atoms with van der Waals surface area (Å²) in [5.41, 5.74) is 3.04. The second-order valence-electron chi connectivity index (χ2n) is 6.12. The molecule has 1 N–H and O–H groups in total. The van der Waals surface area contributed by atoms with Crippen molar-refractivity contribution in [2.45, 2.75) is 20.0 Å². The van der Waals surface area contributed by atoms with Crippen molar-refractivity contribution in [2.24, 2.45) is 0 Å². The van der Waals surface area contributed by atoms with Gasteiger partial charge in [-0.2, -0.15) is 0 Å². The molecule has 4 rings (SSSR count). The van der Waals surface area contributed by atoms with Crippen LogP contribution in [0.3, 0.4) is 0 Å². The van der Waals surface area contributed by atoms with Gasteiger partial charge in [0.05, 0.1) is 34.2 Å². The van der Waals surface area contributed by atoms with E-state index in [0.717, 1.165) is 34.1 Å². The van der Waals surface area contributed by atoms with Crippen LogP contribution in [0.2, 0.25) is 10.0 Å². The average Bonchev–Trinajstić information content (AvgIpc) is 3.20. The van der Waals surface area contributed by atoms with Crippen molar-refractivity contribution < 1.29 is 4.42 Å². The Hall–Kier alpha value is -2.43. The number of benzene rings is 2. The van der Waals surface area contributed by atoms with Crippen LogP contribution in [0.1, 0.15) is 17.1 Å². The second kappa shape index (κ2) is 7.06. The van der Waals surface area contributed by atoms with Gasteiger partial charge in [-0.1, -0.05) is 41.4 Å². The lowest BCUT2D eigenvalue weighted by atomic mass is 10.2. The molecule has 26 heavy (non-hydrogen) atoms. The number of furan rings is 1. The summed E-state index contributed by atoms with van der Waals surface area (Å²) in [7, 11) is 0. The van der Waals surface area contributed by atoms with Gasteiger partial charge in [0.2, 0.25) is 5.95 Å². The predicted octanol–water partition coefficient (Wildman–Crippen LogP) is 5.90. The van der Waals surface area contributed by atoms with Crippen LogP contribution in [0.5, 0.6) is 0 Å². The average molecular weight is 386 g/mol. The fourth-order valence-corrected chi connectivity index (χ4v) is 3.26. The third-order valence-electron chi connectivity index (χ3n) is 4.20. The molecule has 0 atom stereocenters. The minimum Gasteiger partial charge on any atom is -0.465 e. The van der Waals surface area contributed by atoms with Crippen molar-refractivity contribution in [3.8, 4) is 0 Å². The van der Waals surface area contributed by atoms with Crippen molar-refractivity contribution in [2.75, 3.05) is 5.32 Å². The quantitative estimate of drug-likeness (QED) is 0.464. The number of nitrogens with one attached hydrogen (secondary N) is 1. The highest BCUT2D eigenvalue weighted by Crippen LogP contribution is 2.26. The van der Waals surface area contributed by atoms with Crippen molar-refractivity contribution in [1.29, 1.82) is 0 Å². The van der Waals surface area contributed by atoms with E-state index >= 15 is 0 Å². The van der Waals surface area contributed by atoms with E-state index < -0.39 is 0 Å². The maximum absolute atomic E-state index is 6.17. The summed E-state index contributed by atoms with van der Waals surface area (Å²) in [6.45, 7) is 3.14. The minimum absolute atomic E-state index is 0.550. The summed E-state index contributed by atoms with van der Waals surface area (Å²) in [5, 5.41) is 4.48. The van der Waals surface area contributed by atoms with Gasteiger partial charge in [0.25, 0.3) is 0 Å². The molecule has 0 aliphatic carbocycles. The molecule has 0 saturated heterocycles. The van der Waals surface area contributed by atoms with Gasteiger partial charge in [-0.3, -0.25) is 0 Å². The number of aromatic nitrogens is 2. The topological polar surface area (TPSA) is 43.0 Å². The monoisotopic (exact) mass is 385 g/mol. The molecule has 0 aliphatic heterocycles. The molecule has 0 bridgehead atoms. The van der Waals surface area contributed by atoms with Gasteiger partial charge in [-0.25, -0.2) is 4.98 Å². The Morgan fingerprint density at radius 3 is 2.65 bits per heavy atom. The second-order valence-corrected chi connectivity index (χ2v) is 6.94. The SMILES string of the molecule is Cc1ccc(CNc2nc3ccccc3n2Cc2ccc(Cl)c(Cl)c2)o1. The maximum atomic E-state index is 6.17. The highest BCUT2D eigenvalue weighted by Gasteiger charge is 2.12. The Morgan fingerprint density at radius 1 is 1.04 bits per heavy atom. The first-order chi connectivity index (χ1) is 12.6. The number of fused-ring (bicyclic) bond motifs is 1. The van der Waals surface area contributed by atoms with Crippen LogP contribution in [-0.4, -0.2) is 9.55 Å². The zero-order valence-corrected chi connectivity index (χ0v) is 15.7. The molecule has 0 radical (unpaired) electrons. The number of para-hydroxylation sites is 2. The third kappa shape index (κ3) is 3.43. The van der Waals surface area contributed by atoms with Crippen LogP contribution in [0.4, 0.5) is 5.95 Å². The normalized spacial score (nSPS) is 11.2. The fourth-order valence-electron chi connectivity index (χ4n) is 2.94. The minimum atomic E-state index is 0.550. The van der Waals surface area contributed by atoms with Crippen molar-refractivity contribution >= 4 is 40.2 Å². The van der Waals surface area contributed by atoms with Crippen LogP contribution in [0, 0.1) is 6.92 Å². The summed E-state index contributed by atoms with van der Waals surface area (Å²) in [4.78, 5) is 4.72. The van der Waals surface area contributed by atoms with Crippen LogP contribution in [0.15, 0.2) is 59.0 Å². The summed E-state index contributed by atoms with van der Waals surface area (Å²) in [5.74, 6) is 2.55. The van der Waals surface area contributed by atoms with Crippen LogP contribution in [0.25, 0.3) is 11.0 Å². The van der Waals surface area contributed by atoms with Gasteiger partial charge in [0, 0.05) is 0 Å². The largest absolute Gasteiger partial charge is 0.465 e. The number of anilines is 1. The zero-order valence-electron chi connectivity index (χ0n) is 14.2. The van der Waals surface area contributed by atoms with Crippen LogP contribution in [-0.2, 0) is 13.1 Å². The first-order valence-electron chi connectivity index (χ1n) is 8.28. The molecule has 2 aromatic carbocycles. The first kappa shape index (κ1) is 17.0. The fraction of sp³-hybridized carbons (Fsp3) is 0.150. The molecule has 0 spiro atoms. The Balaban J connectivity index is 1.67. The standard InChI is InChI=1S/C20H17Cl2N3O/c1-13-6-8-15(26-13)11-23-20-24-18-4-2-3-5-19(18)25(20)12-14-7-9-16(21)17(22)10-14/h2-10H,11-12H2,1H3,(H,23,24). The molecule has 2 heterocycles. The number of hydrogen-bond acceptors (Lipinski definition) is 3. The molecule has 2 aromatic heterocycles. The van der Waals surface area contributed by atoms with Gasteiger partial charge in [0.15, 0.2) is 0 Å². The lowest BCUT2D eigenvalue weighted by Gasteiger charge is -2.11. The van der Waals surface area contributed by atoms with E-state index in [-0.39, 0.29) is 0 Å². The van der Waals surface area contributed by atoms with Crippen molar-refractivity contribution in [3.63, 3.8) is 0 Å². The molecule has 0 unspecified atom stereocenters. The van der Waals surface area contributed by atoms with Gasteiger partial charge >= 0.3 is 0 Å². The van der Waals surface area contributed by atoms with E-state index in [1.165, 1.54) is 0 Å². The van der Waals surface area contributed by atoms with Crippen molar-refractivity contribution in [3.05, 3.63) is 81.7 Å². The van der Waals surface area contributed by atoms with E-state index in [4.69, 9.17) is 32.6 Å². The molecule has 4 aromatic rings. The summed E-state index contributed by atoms with van der Waals surface area (Å²) >= 11 is 12.2. The van der Waals surface area contributed by atoms with Gasteiger partial charge < -0.3 is 14.3 Å². The third-order valence-corrected chi connectivity index (χ3v) is 4.94. The molecule has 0 amide bonds. The first-order valence-corrected chi connectivity index (χ1v) is 9.04. The molecule has 132 valence electrons. The predicted molar refractivity (Wildman–Crippen MR) is 106 cm³/mol. The molecule has 0 saturated carbocycles. The highest BCUT2D eigenvalue weighted by atomic mass is 35.5. The lowest BCUT2D eigenvalue weighted by molar-refractivity contribution is 0.490. The smallest absolute Gasteiger partial charge is 0.204 e. The lowest BCUT2D eigenvalue weighted by Crippen LogP contribution is -2.08. The highest BCUT2D eigenvalue weighted by molar-refractivity contribution is 6.42. The molecular weight excluding hydrogens is 369 g/mol. The van der Waals surface area contributed by atoms with Gasteiger partial charge in [-0.05, 0) is 48.9 Å². The number of nitrogens with zero attached hydrogens (tertiary/aromatic N) is 2. The molecular formula is C20H17Cl2N3O. The number of imidazole rings is 1. The van der Waals surface area contributed by atoms with Crippen LogP contribution >= 0.6 is 23.2 Å². The van der Waals surface area contributed by atoms with E-state index in [1.807, 2.05) is 55.5 Å². The Kier molecular flexibility index (Phi) is 4.62. The van der Waals surface area contributed by atoms with Gasteiger partial charge in [0.1, 0.15) is 11.5 Å². The van der Waals surface area contributed by atoms with E-state index in [9.17, 15) is 0 Å². The molecule has 0 aliphatic rings. The Bertz CT molecular complexity index is 1070. The number of halogens is 2. The number of aryl methyl sites for hydroxylation is 1. The summed E-state index contributed by atoms with van der Waals surface area (Å²) in [6.07, 6.45) is 0.